The lowest BCUT2D eigenvalue weighted by Gasteiger charge is -2.10. The van der Waals surface area contributed by atoms with Crippen LogP contribution in [0.15, 0.2) is 30.9 Å². The summed E-state index contributed by atoms with van der Waals surface area (Å²) < 4.78 is 0. The zero-order valence-corrected chi connectivity index (χ0v) is 7.62. The highest BCUT2D eigenvalue weighted by Crippen LogP contribution is 2.18. The Hall–Kier alpha value is -1.59. The Labute approximate surface area is 78.3 Å². The van der Waals surface area contributed by atoms with Crippen LogP contribution in [0.2, 0.25) is 0 Å². The lowest BCUT2D eigenvalue weighted by atomic mass is 9.98. The molecule has 0 bridgehead atoms. The van der Waals surface area contributed by atoms with Crippen LogP contribution < -0.4 is 5.73 Å². The van der Waals surface area contributed by atoms with Gasteiger partial charge in [-0.3, -0.25) is 0 Å². The molecule has 1 aromatic rings. The second-order valence-corrected chi connectivity index (χ2v) is 2.89. The van der Waals surface area contributed by atoms with Gasteiger partial charge in [0.25, 0.3) is 0 Å². The number of benzene rings is 1. The smallest absolute Gasteiger partial charge is 0.0994 e. The van der Waals surface area contributed by atoms with E-state index < -0.39 is 0 Å². The third-order valence-electron chi connectivity index (χ3n) is 2.11. The summed E-state index contributed by atoms with van der Waals surface area (Å²) in [5.74, 6) is 0. The summed E-state index contributed by atoms with van der Waals surface area (Å²) in [5, 5.41) is 8.78. The van der Waals surface area contributed by atoms with Gasteiger partial charge in [0, 0.05) is 6.04 Å². The molecule has 0 radical (unpaired) electrons. The van der Waals surface area contributed by atoms with Crippen molar-refractivity contribution in [2.24, 2.45) is 5.73 Å². The van der Waals surface area contributed by atoms with Crippen LogP contribution in [0.1, 0.15) is 22.7 Å². The van der Waals surface area contributed by atoms with Crippen molar-refractivity contribution in [3.63, 3.8) is 0 Å². The Morgan fingerprint density at radius 2 is 2.31 bits per heavy atom. The van der Waals surface area contributed by atoms with Gasteiger partial charge < -0.3 is 5.73 Å². The molecule has 0 saturated carbocycles. The van der Waals surface area contributed by atoms with Crippen LogP contribution in [0, 0.1) is 18.3 Å². The third-order valence-corrected chi connectivity index (χ3v) is 2.11. The monoisotopic (exact) mass is 172 g/mol. The fraction of sp³-hybridized carbons (Fsp3) is 0.182. The number of rotatable bonds is 2. The summed E-state index contributed by atoms with van der Waals surface area (Å²) in [5.41, 5.74) is 8.38. The van der Waals surface area contributed by atoms with Crippen molar-refractivity contribution in [2.45, 2.75) is 13.0 Å². The van der Waals surface area contributed by atoms with E-state index in [9.17, 15) is 0 Å². The van der Waals surface area contributed by atoms with Gasteiger partial charge >= 0.3 is 0 Å². The Kier molecular flexibility index (Phi) is 2.84. The van der Waals surface area contributed by atoms with Crippen LogP contribution in [0.4, 0.5) is 0 Å². The molecular weight excluding hydrogens is 160 g/mol. The molecule has 0 heterocycles. The SMILES string of the molecule is C=C[C@@H](N)c1cccc(C#N)c1C. The molecule has 2 heteroatoms. The lowest BCUT2D eigenvalue weighted by Crippen LogP contribution is -2.08. The van der Waals surface area contributed by atoms with Crippen molar-refractivity contribution in [3.8, 4) is 6.07 Å². The first-order valence-electron chi connectivity index (χ1n) is 4.08. The number of nitrogens with zero attached hydrogens (tertiary/aromatic N) is 1. The molecule has 1 rings (SSSR count). The van der Waals surface area contributed by atoms with Crippen molar-refractivity contribution in [3.05, 3.63) is 47.5 Å². The molecule has 2 N–H and O–H groups in total. The molecule has 0 aliphatic carbocycles. The Balaban J connectivity index is 3.25. The normalized spacial score (nSPS) is 11.8. The molecule has 0 aromatic heterocycles. The van der Waals surface area contributed by atoms with Crippen molar-refractivity contribution in [1.82, 2.24) is 0 Å². The molecular formula is C11H12N2. The van der Waals surface area contributed by atoms with Gasteiger partial charge in [0.1, 0.15) is 0 Å². The zero-order chi connectivity index (χ0) is 9.84. The van der Waals surface area contributed by atoms with Gasteiger partial charge in [0.2, 0.25) is 0 Å². The molecule has 1 aromatic carbocycles. The fourth-order valence-corrected chi connectivity index (χ4v) is 1.26. The molecule has 13 heavy (non-hydrogen) atoms. The van der Waals surface area contributed by atoms with E-state index in [1.165, 1.54) is 0 Å². The van der Waals surface area contributed by atoms with Crippen molar-refractivity contribution < 1.29 is 0 Å². The molecule has 0 saturated heterocycles. The minimum atomic E-state index is -0.187. The van der Waals surface area contributed by atoms with E-state index in [-0.39, 0.29) is 6.04 Å². The van der Waals surface area contributed by atoms with Gasteiger partial charge in [-0.1, -0.05) is 18.2 Å². The van der Waals surface area contributed by atoms with Gasteiger partial charge in [-0.2, -0.15) is 5.26 Å². The maximum Gasteiger partial charge on any atom is 0.0994 e. The molecule has 0 amide bonds. The van der Waals surface area contributed by atoms with Gasteiger partial charge in [0.05, 0.1) is 11.6 Å². The standard InChI is InChI=1S/C11H12N2/c1-3-11(13)10-6-4-5-9(7-12)8(10)2/h3-6,11H,1,13H2,2H3/t11-/m1/s1. The zero-order valence-electron chi connectivity index (χ0n) is 7.62. The number of nitrogens with two attached hydrogens (primary N) is 1. The predicted molar refractivity (Wildman–Crippen MR) is 53.0 cm³/mol. The minimum absolute atomic E-state index is 0.187. The van der Waals surface area contributed by atoms with E-state index in [1.807, 2.05) is 19.1 Å². The van der Waals surface area contributed by atoms with Gasteiger partial charge in [-0.15, -0.1) is 6.58 Å². The number of nitriles is 1. The first kappa shape index (κ1) is 9.50. The second kappa shape index (κ2) is 3.88. The molecule has 0 unspecified atom stereocenters. The Morgan fingerprint density at radius 3 is 2.85 bits per heavy atom. The average Bonchev–Trinajstić information content (AvgIpc) is 2.17. The topological polar surface area (TPSA) is 49.8 Å². The van der Waals surface area contributed by atoms with E-state index in [0.717, 1.165) is 11.1 Å². The average molecular weight is 172 g/mol. The molecule has 0 aliphatic rings. The first-order chi connectivity index (χ1) is 6.20. The lowest BCUT2D eigenvalue weighted by molar-refractivity contribution is 0.901. The summed E-state index contributed by atoms with van der Waals surface area (Å²) >= 11 is 0. The molecule has 0 spiro atoms. The van der Waals surface area contributed by atoms with E-state index >= 15 is 0 Å². The number of hydrogen-bond donors (Lipinski definition) is 1. The van der Waals surface area contributed by atoms with E-state index in [0.29, 0.717) is 5.56 Å². The second-order valence-electron chi connectivity index (χ2n) is 2.89. The molecule has 0 aliphatic heterocycles. The van der Waals surface area contributed by atoms with Crippen molar-refractivity contribution >= 4 is 0 Å². The maximum atomic E-state index is 8.78. The van der Waals surface area contributed by atoms with Crippen LogP contribution >= 0.6 is 0 Å². The quantitative estimate of drug-likeness (QED) is 0.694. The summed E-state index contributed by atoms with van der Waals surface area (Å²) in [6, 6.07) is 7.48. The molecule has 66 valence electrons. The van der Waals surface area contributed by atoms with Gasteiger partial charge in [0.15, 0.2) is 0 Å². The summed E-state index contributed by atoms with van der Waals surface area (Å²) in [6.45, 7) is 5.53. The highest BCUT2D eigenvalue weighted by Gasteiger charge is 2.07. The van der Waals surface area contributed by atoms with Crippen molar-refractivity contribution in [1.29, 1.82) is 5.26 Å². The largest absolute Gasteiger partial charge is 0.321 e. The summed E-state index contributed by atoms with van der Waals surface area (Å²) in [6.07, 6.45) is 1.67. The molecule has 2 nitrogen and oxygen atoms in total. The Bertz CT molecular complexity index is 361. The van der Waals surface area contributed by atoms with Crippen LogP contribution in [-0.2, 0) is 0 Å². The minimum Gasteiger partial charge on any atom is -0.321 e. The van der Waals surface area contributed by atoms with Crippen LogP contribution in [0.25, 0.3) is 0 Å². The summed E-state index contributed by atoms with van der Waals surface area (Å²) in [7, 11) is 0. The number of hydrogen-bond acceptors (Lipinski definition) is 2. The van der Waals surface area contributed by atoms with Gasteiger partial charge in [-0.05, 0) is 24.1 Å². The van der Waals surface area contributed by atoms with Crippen LogP contribution in [-0.4, -0.2) is 0 Å². The van der Waals surface area contributed by atoms with E-state index in [2.05, 4.69) is 12.6 Å². The van der Waals surface area contributed by atoms with Gasteiger partial charge in [-0.25, -0.2) is 0 Å². The highest BCUT2D eigenvalue weighted by molar-refractivity contribution is 5.43. The molecule has 1 atom stereocenters. The maximum absolute atomic E-state index is 8.78. The molecule has 0 fully saturated rings. The highest BCUT2D eigenvalue weighted by atomic mass is 14.6. The third kappa shape index (κ3) is 1.77. The van der Waals surface area contributed by atoms with Crippen LogP contribution in [0.3, 0.4) is 0 Å². The summed E-state index contributed by atoms with van der Waals surface area (Å²) in [4.78, 5) is 0. The fourth-order valence-electron chi connectivity index (χ4n) is 1.26. The van der Waals surface area contributed by atoms with Crippen molar-refractivity contribution in [2.75, 3.05) is 0 Å². The van der Waals surface area contributed by atoms with E-state index in [1.54, 1.807) is 12.1 Å². The van der Waals surface area contributed by atoms with Crippen LogP contribution in [0.5, 0.6) is 0 Å². The predicted octanol–water partition coefficient (Wildman–Crippen LogP) is 2.05. The van der Waals surface area contributed by atoms with E-state index in [4.69, 9.17) is 11.0 Å². The first-order valence-corrected chi connectivity index (χ1v) is 4.08. The Morgan fingerprint density at radius 1 is 1.62 bits per heavy atom.